The van der Waals surface area contributed by atoms with Crippen LogP contribution in [0.15, 0.2) is 77.2 Å². The van der Waals surface area contributed by atoms with Crippen LogP contribution in [0.2, 0.25) is 5.02 Å². The summed E-state index contributed by atoms with van der Waals surface area (Å²) < 4.78 is 5.86. The first kappa shape index (κ1) is 18.0. The number of oxazole rings is 1. The van der Waals surface area contributed by atoms with E-state index in [0.717, 1.165) is 27.8 Å². The molecule has 138 valence electrons. The minimum absolute atomic E-state index is 0.222. The third-order valence-corrected chi connectivity index (χ3v) is 4.47. The zero-order chi connectivity index (χ0) is 19.5. The Morgan fingerprint density at radius 2 is 1.89 bits per heavy atom. The molecule has 0 atom stereocenters. The second-order valence-electron chi connectivity index (χ2n) is 6.45. The Morgan fingerprint density at radius 1 is 1.07 bits per heavy atom. The molecule has 0 saturated carbocycles. The Balaban J connectivity index is 1.51. The monoisotopic (exact) mass is 388 g/mol. The van der Waals surface area contributed by atoms with Crippen molar-refractivity contribution in [2.75, 3.05) is 5.32 Å². The topological polar surface area (TPSA) is 55.1 Å². The van der Waals surface area contributed by atoms with E-state index >= 15 is 0 Å². The number of amides is 1. The maximum absolute atomic E-state index is 12.2. The fourth-order valence-electron chi connectivity index (χ4n) is 2.82. The minimum atomic E-state index is -0.222. The first-order valence-electron chi connectivity index (χ1n) is 8.79. The van der Waals surface area contributed by atoms with Crippen molar-refractivity contribution in [3.05, 3.63) is 89.0 Å². The van der Waals surface area contributed by atoms with E-state index in [1.807, 2.05) is 61.5 Å². The van der Waals surface area contributed by atoms with Crippen LogP contribution in [0.3, 0.4) is 0 Å². The van der Waals surface area contributed by atoms with E-state index in [1.54, 1.807) is 18.2 Å². The zero-order valence-electron chi connectivity index (χ0n) is 15.1. The van der Waals surface area contributed by atoms with Crippen LogP contribution in [-0.4, -0.2) is 10.9 Å². The van der Waals surface area contributed by atoms with Crippen LogP contribution in [-0.2, 0) is 4.79 Å². The number of rotatable bonds is 4. The number of hydrogen-bond donors (Lipinski definition) is 1. The number of fused-ring (bicyclic) bond motifs is 1. The summed E-state index contributed by atoms with van der Waals surface area (Å²) in [5.41, 5.74) is 5.03. The normalized spacial score (nSPS) is 11.2. The second-order valence-corrected chi connectivity index (χ2v) is 6.88. The fourth-order valence-corrected chi connectivity index (χ4v) is 2.94. The molecule has 0 aliphatic carbocycles. The van der Waals surface area contributed by atoms with Crippen molar-refractivity contribution in [3.8, 4) is 11.5 Å². The van der Waals surface area contributed by atoms with Crippen LogP contribution in [0.5, 0.6) is 0 Å². The van der Waals surface area contributed by atoms with Crippen LogP contribution in [0.25, 0.3) is 28.6 Å². The van der Waals surface area contributed by atoms with Crippen LogP contribution in [0.1, 0.15) is 11.1 Å². The van der Waals surface area contributed by atoms with E-state index in [4.69, 9.17) is 16.0 Å². The largest absolute Gasteiger partial charge is 0.436 e. The molecule has 4 nitrogen and oxygen atoms in total. The average Bonchev–Trinajstić information content (AvgIpc) is 3.11. The lowest BCUT2D eigenvalue weighted by atomic mass is 10.2. The van der Waals surface area contributed by atoms with Gasteiger partial charge in [0, 0.05) is 22.3 Å². The maximum atomic E-state index is 12.2. The lowest BCUT2D eigenvalue weighted by molar-refractivity contribution is -0.111. The van der Waals surface area contributed by atoms with Crippen LogP contribution < -0.4 is 5.32 Å². The highest BCUT2D eigenvalue weighted by molar-refractivity contribution is 6.30. The molecule has 0 radical (unpaired) electrons. The first-order chi connectivity index (χ1) is 13.6. The van der Waals surface area contributed by atoms with Gasteiger partial charge in [-0.25, -0.2) is 4.98 Å². The number of nitrogens with one attached hydrogen (secondary N) is 1. The summed E-state index contributed by atoms with van der Waals surface area (Å²) in [5, 5.41) is 3.52. The summed E-state index contributed by atoms with van der Waals surface area (Å²) in [7, 11) is 0. The summed E-state index contributed by atoms with van der Waals surface area (Å²) in [6, 6.07) is 20.6. The van der Waals surface area contributed by atoms with Crippen molar-refractivity contribution in [1.82, 2.24) is 4.98 Å². The number of anilines is 1. The number of aryl methyl sites for hydroxylation is 1. The van der Waals surface area contributed by atoms with E-state index in [2.05, 4.69) is 10.3 Å². The van der Waals surface area contributed by atoms with Gasteiger partial charge < -0.3 is 9.73 Å². The summed E-state index contributed by atoms with van der Waals surface area (Å²) in [5.74, 6) is 0.300. The van der Waals surface area contributed by atoms with E-state index in [1.165, 1.54) is 6.08 Å². The zero-order valence-corrected chi connectivity index (χ0v) is 15.9. The van der Waals surface area contributed by atoms with Crippen molar-refractivity contribution in [2.45, 2.75) is 6.92 Å². The Hall–Kier alpha value is -3.37. The van der Waals surface area contributed by atoms with Crippen LogP contribution in [0, 0.1) is 6.92 Å². The Morgan fingerprint density at radius 3 is 2.71 bits per heavy atom. The van der Waals surface area contributed by atoms with Crippen molar-refractivity contribution in [2.24, 2.45) is 0 Å². The number of aromatic nitrogens is 1. The molecule has 0 spiro atoms. The van der Waals surface area contributed by atoms with E-state index in [0.29, 0.717) is 16.6 Å². The molecule has 4 aromatic rings. The molecule has 28 heavy (non-hydrogen) atoms. The highest BCUT2D eigenvalue weighted by Crippen LogP contribution is 2.26. The van der Waals surface area contributed by atoms with Gasteiger partial charge in [0.2, 0.25) is 11.8 Å². The van der Waals surface area contributed by atoms with E-state index in [-0.39, 0.29) is 5.91 Å². The van der Waals surface area contributed by atoms with Crippen molar-refractivity contribution < 1.29 is 9.21 Å². The summed E-state index contributed by atoms with van der Waals surface area (Å²) in [6.07, 6.45) is 3.22. The summed E-state index contributed by atoms with van der Waals surface area (Å²) >= 11 is 5.86. The third kappa shape index (κ3) is 4.13. The minimum Gasteiger partial charge on any atom is -0.436 e. The van der Waals surface area contributed by atoms with Crippen LogP contribution in [0.4, 0.5) is 5.69 Å². The molecular formula is C23H17ClN2O2. The molecule has 0 saturated heterocycles. The summed E-state index contributed by atoms with van der Waals surface area (Å²) in [6.45, 7) is 2.01. The molecule has 1 aromatic heterocycles. The van der Waals surface area contributed by atoms with Gasteiger partial charge in [0.05, 0.1) is 0 Å². The SMILES string of the molecule is Cc1ccc2nc(-c3cccc(NC(=O)/C=C/c4ccc(Cl)cc4)c3)oc2c1. The number of halogens is 1. The second kappa shape index (κ2) is 7.71. The fraction of sp³-hybridized carbons (Fsp3) is 0.0435. The van der Waals surface area contributed by atoms with Gasteiger partial charge in [0.15, 0.2) is 5.58 Å². The number of carbonyl (C=O) groups is 1. The van der Waals surface area contributed by atoms with Crippen molar-refractivity contribution >= 4 is 40.4 Å². The predicted octanol–water partition coefficient (Wildman–Crippen LogP) is 6.11. The van der Waals surface area contributed by atoms with Gasteiger partial charge in [-0.3, -0.25) is 4.79 Å². The molecule has 1 heterocycles. The molecule has 1 N–H and O–H groups in total. The first-order valence-corrected chi connectivity index (χ1v) is 9.17. The highest BCUT2D eigenvalue weighted by atomic mass is 35.5. The van der Waals surface area contributed by atoms with Gasteiger partial charge in [-0.05, 0) is 66.6 Å². The van der Waals surface area contributed by atoms with Gasteiger partial charge in [-0.2, -0.15) is 0 Å². The molecule has 0 fully saturated rings. The standard InChI is InChI=1S/C23H17ClN2O2/c1-15-5-11-20-21(13-15)28-23(26-20)17-3-2-4-19(14-17)25-22(27)12-8-16-6-9-18(24)10-7-16/h2-14H,1H3,(H,25,27)/b12-8+. The average molecular weight is 389 g/mol. The van der Waals surface area contributed by atoms with Gasteiger partial charge in [0.25, 0.3) is 0 Å². The van der Waals surface area contributed by atoms with Gasteiger partial charge in [-0.1, -0.05) is 35.9 Å². The Kier molecular flexibility index (Phi) is 4.96. The highest BCUT2D eigenvalue weighted by Gasteiger charge is 2.09. The molecule has 4 rings (SSSR count). The van der Waals surface area contributed by atoms with E-state index in [9.17, 15) is 4.79 Å². The smallest absolute Gasteiger partial charge is 0.248 e. The molecule has 0 aliphatic rings. The molecule has 0 bridgehead atoms. The number of nitrogens with zero attached hydrogens (tertiary/aromatic N) is 1. The Labute approximate surface area is 167 Å². The number of benzene rings is 3. The Bertz CT molecular complexity index is 1180. The number of hydrogen-bond acceptors (Lipinski definition) is 3. The molecular weight excluding hydrogens is 372 g/mol. The predicted molar refractivity (Wildman–Crippen MR) is 113 cm³/mol. The molecule has 0 unspecified atom stereocenters. The van der Waals surface area contributed by atoms with Crippen molar-refractivity contribution in [3.63, 3.8) is 0 Å². The van der Waals surface area contributed by atoms with Gasteiger partial charge in [0.1, 0.15) is 5.52 Å². The third-order valence-electron chi connectivity index (χ3n) is 4.22. The maximum Gasteiger partial charge on any atom is 0.248 e. The lowest BCUT2D eigenvalue weighted by Crippen LogP contribution is -2.07. The van der Waals surface area contributed by atoms with Gasteiger partial charge in [-0.15, -0.1) is 0 Å². The van der Waals surface area contributed by atoms with E-state index < -0.39 is 0 Å². The van der Waals surface area contributed by atoms with Gasteiger partial charge >= 0.3 is 0 Å². The number of carbonyl (C=O) groups excluding carboxylic acids is 1. The molecule has 1 amide bonds. The molecule has 0 aliphatic heterocycles. The lowest BCUT2D eigenvalue weighted by Gasteiger charge is -2.03. The summed E-state index contributed by atoms with van der Waals surface area (Å²) in [4.78, 5) is 16.7. The molecule has 5 heteroatoms. The van der Waals surface area contributed by atoms with Crippen LogP contribution >= 0.6 is 11.6 Å². The van der Waals surface area contributed by atoms with Crippen molar-refractivity contribution in [1.29, 1.82) is 0 Å². The molecule has 3 aromatic carbocycles. The quantitative estimate of drug-likeness (QED) is 0.429.